The first kappa shape index (κ1) is 10.9. The molecular formula is C12H15N3OS. The van der Waals surface area contributed by atoms with E-state index in [2.05, 4.69) is 28.4 Å². The van der Waals surface area contributed by atoms with E-state index in [0.717, 1.165) is 28.8 Å². The molecule has 3 rings (SSSR count). The fourth-order valence-electron chi connectivity index (χ4n) is 2.58. The summed E-state index contributed by atoms with van der Waals surface area (Å²) in [5, 5.41) is 0. The van der Waals surface area contributed by atoms with Crippen molar-refractivity contribution in [3.05, 3.63) is 23.2 Å². The molecule has 1 fully saturated rings. The molecule has 2 aromatic rings. The predicted molar refractivity (Wildman–Crippen MR) is 68.6 cm³/mol. The van der Waals surface area contributed by atoms with Crippen LogP contribution in [0, 0.1) is 4.77 Å². The molecule has 0 saturated carbocycles. The number of imidazole rings is 1. The van der Waals surface area contributed by atoms with Gasteiger partial charge in [-0.2, -0.15) is 0 Å². The predicted octanol–water partition coefficient (Wildman–Crippen LogP) is 2.62. The lowest BCUT2D eigenvalue weighted by Crippen LogP contribution is -2.36. The Hall–Kier alpha value is -1.20. The van der Waals surface area contributed by atoms with Crippen molar-refractivity contribution in [2.75, 3.05) is 6.61 Å². The second-order valence-corrected chi connectivity index (χ2v) is 5.17. The van der Waals surface area contributed by atoms with Gasteiger partial charge in [0.25, 0.3) is 0 Å². The standard InChI is InChI=1S/C12H15N3OS/c1-8-12(2,4-6-16-8)15-10-3-5-13-7-9(10)14-11(15)17/h3,5,7-8H,4,6H2,1-2H3,(H,14,17). The highest BCUT2D eigenvalue weighted by atomic mass is 32.1. The summed E-state index contributed by atoms with van der Waals surface area (Å²) >= 11 is 5.44. The first-order valence-corrected chi connectivity index (χ1v) is 6.20. The quantitative estimate of drug-likeness (QED) is 0.790. The highest BCUT2D eigenvalue weighted by Gasteiger charge is 2.40. The number of nitrogens with one attached hydrogen (secondary N) is 1. The van der Waals surface area contributed by atoms with Gasteiger partial charge < -0.3 is 14.3 Å². The van der Waals surface area contributed by atoms with E-state index in [-0.39, 0.29) is 11.6 Å². The number of pyridine rings is 1. The van der Waals surface area contributed by atoms with E-state index in [1.165, 1.54) is 0 Å². The van der Waals surface area contributed by atoms with Crippen LogP contribution in [0.25, 0.3) is 11.0 Å². The van der Waals surface area contributed by atoms with E-state index in [1.54, 1.807) is 6.20 Å². The average Bonchev–Trinajstić information content (AvgIpc) is 2.80. The van der Waals surface area contributed by atoms with Crippen molar-refractivity contribution < 1.29 is 4.74 Å². The summed E-state index contributed by atoms with van der Waals surface area (Å²) in [5.41, 5.74) is 2.01. The lowest BCUT2D eigenvalue weighted by molar-refractivity contribution is 0.0770. The van der Waals surface area contributed by atoms with Crippen molar-refractivity contribution in [2.24, 2.45) is 0 Å². The molecule has 0 radical (unpaired) electrons. The van der Waals surface area contributed by atoms with Crippen LogP contribution < -0.4 is 0 Å². The second kappa shape index (κ2) is 3.65. The molecule has 0 aromatic carbocycles. The van der Waals surface area contributed by atoms with Crippen LogP contribution in [0.3, 0.4) is 0 Å². The van der Waals surface area contributed by atoms with Crippen molar-refractivity contribution in [3.63, 3.8) is 0 Å². The number of rotatable bonds is 1. The highest BCUT2D eigenvalue weighted by Crippen LogP contribution is 2.35. The second-order valence-electron chi connectivity index (χ2n) is 4.78. The molecule has 3 heterocycles. The zero-order chi connectivity index (χ0) is 12.0. The monoisotopic (exact) mass is 249 g/mol. The average molecular weight is 249 g/mol. The van der Waals surface area contributed by atoms with Crippen molar-refractivity contribution >= 4 is 23.3 Å². The van der Waals surface area contributed by atoms with Gasteiger partial charge in [-0.3, -0.25) is 4.98 Å². The fraction of sp³-hybridized carbons (Fsp3) is 0.500. The van der Waals surface area contributed by atoms with E-state index in [1.807, 2.05) is 12.3 Å². The van der Waals surface area contributed by atoms with Crippen LogP contribution in [0.2, 0.25) is 0 Å². The Labute approximate surface area is 105 Å². The van der Waals surface area contributed by atoms with E-state index in [9.17, 15) is 0 Å². The molecule has 4 nitrogen and oxygen atoms in total. The van der Waals surface area contributed by atoms with E-state index >= 15 is 0 Å². The minimum Gasteiger partial charge on any atom is -0.376 e. The summed E-state index contributed by atoms with van der Waals surface area (Å²) in [5.74, 6) is 0. The first-order valence-electron chi connectivity index (χ1n) is 5.80. The van der Waals surface area contributed by atoms with Gasteiger partial charge in [-0.05, 0) is 38.6 Å². The van der Waals surface area contributed by atoms with Gasteiger partial charge in [-0.25, -0.2) is 0 Å². The number of hydrogen-bond acceptors (Lipinski definition) is 3. The molecule has 1 N–H and O–H groups in total. The highest BCUT2D eigenvalue weighted by molar-refractivity contribution is 7.71. The van der Waals surface area contributed by atoms with Crippen LogP contribution >= 0.6 is 12.2 Å². The topological polar surface area (TPSA) is 42.8 Å². The number of aromatic nitrogens is 3. The number of ether oxygens (including phenoxy) is 1. The molecule has 1 saturated heterocycles. The lowest BCUT2D eigenvalue weighted by atomic mass is 9.94. The van der Waals surface area contributed by atoms with Crippen molar-refractivity contribution in [3.8, 4) is 0 Å². The summed E-state index contributed by atoms with van der Waals surface area (Å²) in [7, 11) is 0. The Bertz CT molecular complexity index is 617. The molecule has 0 aliphatic carbocycles. The first-order chi connectivity index (χ1) is 8.13. The zero-order valence-corrected chi connectivity index (χ0v) is 10.8. The lowest BCUT2D eigenvalue weighted by Gasteiger charge is -2.30. The van der Waals surface area contributed by atoms with E-state index in [4.69, 9.17) is 17.0 Å². The minimum absolute atomic E-state index is 0.0727. The van der Waals surface area contributed by atoms with Crippen LogP contribution in [0.4, 0.5) is 0 Å². The van der Waals surface area contributed by atoms with Crippen LogP contribution in [0.1, 0.15) is 20.3 Å². The molecule has 1 aliphatic rings. The Kier molecular flexibility index (Phi) is 2.34. The third kappa shape index (κ3) is 1.46. The number of aromatic amines is 1. The normalized spacial score (nSPS) is 28.9. The van der Waals surface area contributed by atoms with Gasteiger partial charge in [0, 0.05) is 12.8 Å². The number of nitrogens with zero attached hydrogens (tertiary/aromatic N) is 2. The number of fused-ring (bicyclic) bond motifs is 1. The number of hydrogen-bond donors (Lipinski definition) is 1. The minimum atomic E-state index is -0.0727. The summed E-state index contributed by atoms with van der Waals surface area (Å²) < 4.78 is 8.62. The summed E-state index contributed by atoms with van der Waals surface area (Å²) in [6, 6.07) is 2.00. The molecule has 0 spiro atoms. The van der Waals surface area contributed by atoms with Gasteiger partial charge in [-0.15, -0.1) is 0 Å². The van der Waals surface area contributed by atoms with Crippen LogP contribution in [0.5, 0.6) is 0 Å². The van der Waals surface area contributed by atoms with Gasteiger partial charge >= 0.3 is 0 Å². The van der Waals surface area contributed by atoms with Crippen LogP contribution in [-0.2, 0) is 10.3 Å². The van der Waals surface area contributed by atoms with Crippen molar-refractivity contribution in [1.29, 1.82) is 0 Å². The van der Waals surface area contributed by atoms with Gasteiger partial charge in [-0.1, -0.05) is 0 Å². The van der Waals surface area contributed by atoms with E-state index in [0.29, 0.717) is 0 Å². The molecule has 90 valence electrons. The van der Waals surface area contributed by atoms with Crippen molar-refractivity contribution in [1.82, 2.24) is 14.5 Å². The fourth-order valence-corrected chi connectivity index (χ4v) is 3.00. The molecule has 17 heavy (non-hydrogen) atoms. The smallest absolute Gasteiger partial charge is 0.178 e. The summed E-state index contributed by atoms with van der Waals surface area (Å²) in [6.07, 6.45) is 4.76. The summed E-state index contributed by atoms with van der Waals surface area (Å²) in [4.78, 5) is 7.32. The largest absolute Gasteiger partial charge is 0.376 e. The summed E-state index contributed by atoms with van der Waals surface area (Å²) in [6.45, 7) is 5.10. The van der Waals surface area contributed by atoms with Crippen LogP contribution in [0.15, 0.2) is 18.5 Å². The maximum absolute atomic E-state index is 5.70. The molecule has 2 atom stereocenters. The van der Waals surface area contributed by atoms with E-state index < -0.39 is 0 Å². The molecule has 5 heteroatoms. The third-order valence-corrected chi connectivity index (χ3v) is 4.13. The van der Waals surface area contributed by atoms with Gasteiger partial charge in [0.05, 0.1) is 28.9 Å². The maximum atomic E-state index is 5.70. The van der Waals surface area contributed by atoms with Gasteiger partial charge in [0.15, 0.2) is 4.77 Å². The zero-order valence-electron chi connectivity index (χ0n) is 9.93. The Morgan fingerprint density at radius 3 is 3.18 bits per heavy atom. The molecule has 0 bridgehead atoms. The van der Waals surface area contributed by atoms with Gasteiger partial charge in [0.2, 0.25) is 0 Å². The molecule has 2 unspecified atom stereocenters. The molecule has 1 aliphatic heterocycles. The Balaban J connectivity index is 2.30. The molecular weight excluding hydrogens is 234 g/mol. The van der Waals surface area contributed by atoms with Crippen molar-refractivity contribution in [2.45, 2.75) is 31.9 Å². The number of H-pyrrole nitrogens is 1. The Morgan fingerprint density at radius 2 is 2.47 bits per heavy atom. The third-order valence-electron chi connectivity index (χ3n) is 3.85. The molecule has 2 aromatic heterocycles. The Morgan fingerprint density at radius 1 is 1.65 bits per heavy atom. The van der Waals surface area contributed by atoms with Crippen LogP contribution in [-0.4, -0.2) is 27.2 Å². The van der Waals surface area contributed by atoms with Gasteiger partial charge in [0.1, 0.15) is 0 Å². The maximum Gasteiger partial charge on any atom is 0.178 e. The molecule has 0 amide bonds. The SMILES string of the molecule is CC1OCCC1(C)n1c(=S)[nH]c2cnccc21.